The summed E-state index contributed by atoms with van der Waals surface area (Å²) in [5.74, 6) is 0.598. The molecular weight excluding hydrogens is 337 g/mol. The van der Waals surface area contributed by atoms with E-state index in [1.165, 1.54) is 12.1 Å². The van der Waals surface area contributed by atoms with Crippen LogP contribution in [0.25, 0.3) is 10.8 Å². The highest BCUT2D eigenvalue weighted by Crippen LogP contribution is 2.38. The van der Waals surface area contributed by atoms with Crippen LogP contribution in [0.1, 0.15) is 37.0 Å². The second-order valence-corrected chi connectivity index (χ2v) is 6.15. The number of unbranched alkanes of at least 4 members (excludes halogenated alkanes) is 1. The maximum absolute atomic E-state index is 13.5. The third kappa shape index (κ3) is 4.01. The molecule has 1 nitrogen and oxygen atoms in total. The number of ether oxygens (including phenoxy) is 1. The quantitative estimate of drug-likeness (QED) is 0.462. The van der Waals surface area contributed by atoms with Gasteiger partial charge in [0, 0.05) is 10.9 Å². The first-order valence-corrected chi connectivity index (χ1v) is 8.59. The van der Waals surface area contributed by atoms with Crippen molar-refractivity contribution in [3.05, 3.63) is 84.3 Å². The van der Waals surface area contributed by atoms with E-state index in [4.69, 9.17) is 4.74 Å². The van der Waals surface area contributed by atoms with Gasteiger partial charge in [-0.1, -0.05) is 61.5 Å². The normalized spacial score (nSPS) is 12.9. The summed E-state index contributed by atoms with van der Waals surface area (Å²) in [6.45, 7) is 1.89. The summed E-state index contributed by atoms with van der Waals surface area (Å²) >= 11 is 0. The van der Waals surface area contributed by atoms with Crippen molar-refractivity contribution in [2.24, 2.45) is 0 Å². The van der Waals surface area contributed by atoms with Crippen LogP contribution in [0.4, 0.5) is 13.2 Å². The molecule has 1 radical (unpaired) electrons. The van der Waals surface area contributed by atoms with Crippen molar-refractivity contribution < 1.29 is 17.9 Å². The second kappa shape index (κ2) is 7.81. The minimum Gasteiger partial charge on any atom is -0.485 e. The van der Waals surface area contributed by atoms with E-state index in [1.807, 2.05) is 49.7 Å². The van der Waals surface area contributed by atoms with Crippen LogP contribution in [0, 0.1) is 6.42 Å². The van der Waals surface area contributed by atoms with Crippen molar-refractivity contribution in [3.63, 3.8) is 0 Å². The molecule has 3 aromatic rings. The first kappa shape index (κ1) is 18.3. The molecule has 0 N–H and O–H groups in total. The van der Waals surface area contributed by atoms with Crippen molar-refractivity contribution >= 4 is 10.8 Å². The Kier molecular flexibility index (Phi) is 5.50. The monoisotopic (exact) mass is 357 g/mol. The minimum atomic E-state index is -4.41. The predicted octanol–water partition coefficient (Wildman–Crippen LogP) is 6.98. The van der Waals surface area contributed by atoms with E-state index < -0.39 is 17.8 Å². The minimum absolute atomic E-state index is 0.176. The average molecular weight is 357 g/mol. The van der Waals surface area contributed by atoms with Gasteiger partial charge in [0.05, 0.1) is 5.56 Å². The molecule has 0 amide bonds. The zero-order chi connectivity index (χ0) is 18.6. The Hall–Kier alpha value is -2.49. The summed E-state index contributed by atoms with van der Waals surface area (Å²) in [5.41, 5.74) is -0.462. The zero-order valence-corrected chi connectivity index (χ0v) is 14.5. The summed E-state index contributed by atoms with van der Waals surface area (Å²) < 4.78 is 46.5. The summed E-state index contributed by atoms with van der Waals surface area (Å²) in [6.07, 6.45) is -1.99. The van der Waals surface area contributed by atoms with Crippen molar-refractivity contribution in [1.29, 1.82) is 0 Å². The molecule has 0 spiro atoms. The van der Waals surface area contributed by atoms with Gasteiger partial charge >= 0.3 is 6.18 Å². The molecule has 3 aromatic carbocycles. The number of halogens is 3. The Morgan fingerprint density at radius 1 is 0.923 bits per heavy atom. The molecule has 1 atom stereocenters. The fourth-order valence-electron chi connectivity index (χ4n) is 3.08. The lowest BCUT2D eigenvalue weighted by Crippen LogP contribution is -2.16. The van der Waals surface area contributed by atoms with E-state index in [0.717, 1.165) is 16.8 Å². The largest absolute Gasteiger partial charge is 0.485 e. The van der Waals surface area contributed by atoms with Crippen molar-refractivity contribution in [1.82, 2.24) is 0 Å². The molecular formula is C22H20F3O. The summed E-state index contributed by atoms with van der Waals surface area (Å²) in [7, 11) is 0. The number of hydrogen-bond acceptors (Lipinski definition) is 1. The molecule has 0 bridgehead atoms. The Labute approximate surface area is 151 Å². The van der Waals surface area contributed by atoms with E-state index in [0.29, 0.717) is 18.6 Å². The molecule has 26 heavy (non-hydrogen) atoms. The van der Waals surface area contributed by atoms with E-state index in [-0.39, 0.29) is 5.56 Å². The molecule has 135 valence electrons. The molecule has 0 fully saturated rings. The van der Waals surface area contributed by atoms with Gasteiger partial charge in [0.25, 0.3) is 0 Å². The van der Waals surface area contributed by atoms with Crippen molar-refractivity contribution in [2.45, 2.75) is 32.0 Å². The Morgan fingerprint density at radius 3 is 2.38 bits per heavy atom. The summed E-state index contributed by atoms with van der Waals surface area (Å²) in [5, 5.41) is 1.89. The second-order valence-electron chi connectivity index (χ2n) is 6.15. The van der Waals surface area contributed by atoms with Crippen LogP contribution >= 0.6 is 0 Å². The van der Waals surface area contributed by atoms with Gasteiger partial charge in [0.15, 0.2) is 0 Å². The van der Waals surface area contributed by atoms with Crippen LogP contribution in [0.15, 0.2) is 66.7 Å². The van der Waals surface area contributed by atoms with Gasteiger partial charge in [-0.15, -0.1) is 0 Å². The van der Waals surface area contributed by atoms with Crippen molar-refractivity contribution in [2.75, 3.05) is 0 Å². The van der Waals surface area contributed by atoms with Crippen LogP contribution in [0.3, 0.4) is 0 Å². The van der Waals surface area contributed by atoms with E-state index >= 15 is 0 Å². The van der Waals surface area contributed by atoms with Crippen LogP contribution < -0.4 is 4.74 Å². The van der Waals surface area contributed by atoms with Gasteiger partial charge in [0.1, 0.15) is 11.9 Å². The molecule has 1 unspecified atom stereocenters. The van der Waals surface area contributed by atoms with Gasteiger partial charge in [-0.25, -0.2) is 0 Å². The van der Waals surface area contributed by atoms with Crippen LogP contribution in [0.5, 0.6) is 5.75 Å². The van der Waals surface area contributed by atoms with Gasteiger partial charge in [-0.2, -0.15) is 13.2 Å². The van der Waals surface area contributed by atoms with Crippen LogP contribution in [-0.2, 0) is 6.18 Å². The highest BCUT2D eigenvalue weighted by atomic mass is 19.4. The lowest BCUT2D eigenvalue weighted by atomic mass is 9.97. The summed E-state index contributed by atoms with van der Waals surface area (Å²) in [6, 6.07) is 19.0. The van der Waals surface area contributed by atoms with Gasteiger partial charge in [-0.05, 0) is 36.8 Å². The van der Waals surface area contributed by atoms with E-state index in [2.05, 4.69) is 0 Å². The van der Waals surface area contributed by atoms with Crippen LogP contribution in [0.2, 0.25) is 0 Å². The smallest absolute Gasteiger partial charge is 0.416 e. The molecule has 0 aromatic heterocycles. The van der Waals surface area contributed by atoms with Crippen LogP contribution in [-0.4, -0.2) is 0 Å². The van der Waals surface area contributed by atoms with Gasteiger partial charge in [-0.3, -0.25) is 0 Å². The van der Waals surface area contributed by atoms with Gasteiger partial charge in [0.2, 0.25) is 0 Å². The molecule has 4 heteroatoms. The zero-order valence-electron chi connectivity index (χ0n) is 14.5. The highest BCUT2D eigenvalue weighted by Gasteiger charge is 2.35. The fourth-order valence-corrected chi connectivity index (χ4v) is 3.08. The SMILES string of the molecule is C[CH]CCC(Oc1cccc2ccccc12)c1ccccc1C(F)(F)F. The van der Waals surface area contributed by atoms with E-state index in [9.17, 15) is 13.2 Å². The maximum Gasteiger partial charge on any atom is 0.416 e. The molecule has 0 aliphatic heterocycles. The number of rotatable bonds is 6. The molecule has 0 heterocycles. The summed E-state index contributed by atoms with van der Waals surface area (Å²) in [4.78, 5) is 0. The van der Waals surface area contributed by atoms with Gasteiger partial charge < -0.3 is 4.74 Å². The first-order chi connectivity index (χ1) is 12.5. The predicted molar refractivity (Wildman–Crippen MR) is 98.0 cm³/mol. The lowest BCUT2D eigenvalue weighted by molar-refractivity contribution is -0.139. The molecule has 0 saturated heterocycles. The molecule has 3 rings (SSSR count). The third-order valence-electron chi connectivity index (χ3n) is 4.35. The molecule has 0 aliphatic rings. The third-order valence-corrected chi connectivity index (χ3v) is 4.35. The Bertz CT molecular complexity index is 865. The lowest BCUT2D eigenvalue weighted by Gasteiger charge is -2.24. The topological polar surface area (TPSA) is 9.23 Å². The average Bonchev–Trinajstić information content (AvgIpc) is 2.64. The van der Waals surface area contributed by atoms with Crippen molar-refractivity contribution in [3.8, 4) is 5.75 Å². The number of alkyl halides is 3. The number of hydrogen-bond donors (Lipinski definition) is 0. The standard InChI is InChI=1S/C22H20F3O/c1-2-3-14-21(18-12-6-7-13-19(18)22(23,24)25)26-20-15-8-10-16-9-4-5-11-17(16)20/h2,4-13,15,21H,3,14H2,1H3. The Morgan fingerprint density at radius 2 is 1.62 bits per heavy atom. The fraction of sp³-hybridized carbons (Fsp3) is 0.227. The molecule has 0 aliphatic carbocycles. The first-order valence-electron chi connectivity index (χ1n) is 8.59. The van der Waals surface area contributed by atoms with E-state index in [1.54, 1.807) is 12.1 Å². The number of benzene rings is 3. The number of fused-ring (bicyclic) bond motifs is 1. The maximum atomic E-state index is 13.5. The Balaban J connectivity index is 2.02. The highest BCUT2D eigenvalue weighted by molar-refractivity contribution is 5.88. The molecule has 0 saturated carbocycles.